The van der Waals surface area contributed by atoms with E-state index in [1.54, 1.807) is 43.3 Å². The molecule has 0 unspecified atom stereocenters. The molecule has 0 saturated heterocycles. The van der Waals surface area contributed by atoms with Crippen molar-refractivity contribution >= 4 is 29.1 Å². The van der Waals surface area contributed by atoms with Crippen LogP contribution in [0.25, 0.3) is 0 Å². The van der Waals surface area contributed by atoms with E-state index >= 15 is 0 Å². The van der Waals surface area contributed by atoms with Crippen molar-refractivity contribution in [2.75, 3.05) is 11.9 Å². The highest BCUT2D eigenvalue weighted by molar-refractivity contribution is 6.30. The molecule has 0 aliphatic heterocycles. The Balaban J connectivity index is 2.13. The number of hydrogen-bond acceptors (Lipinski definition) is 5. The van der Waals surface area contributed by atoms with Gasteiger partial charge in [-0.2, -0.15) is 5.26 Å². The molecule has 2 rings (SSSR count). The van der Waals surface area contributed by atoms with Gasteiger partial charge in [-0.05, 0) is 36.8 Å². The molecule has 0 saturated carbocycles. The summed E-state index contributed by atoms with van der Waals surface area (Å²) in [6.07, 6.45) is 0. The van der Waals surface area contributed by atoms with Crippen LogP contribution < -0.4 is 20.9 Å². The molecule has 0 spiro atoms. The number of nitrogens with zero attached hydrogens (tertiary/aromatic N) is 1. The number of amides is 2. The van der Waals surface area contributed by atoms with Gasteiger partial charge in [-0.15, -0.1) is 0 Å². The molecule has 2 aromatic carbocycles. The highest BCUT2D eigenvalue weighted by atomic mass is 35.5. The number of carbonyl (C=O) groups excluding carboxylic acids is 2. The minimum Gasteiger partial charge on any atom is -0.493 e. The average molecular weight is 387 g/mol. The summed E-state index contributed by atoms with van der Waals surface area (Å²) in [6, 6.07) is 12.7. The van der Waals surface area contributed by atoms with Gasteiger partial charge < -0.3 is 10.1 Å². The Morgan fingerprint density at radius 1 is 1.22 bits per heavy atom. The van der Waals surface area contributed by atoms with E-state index in [2.05, 4.69) is 22.2 Å². The molecule has 7 nitrogen and oxygen atoms in total. The lowest BCUT2D eigenvalue weighted by atomic mass is 10.1. The molecule has 27 heavy (non-hydrogen) atoms. The van der Waals surface area contributed by atoms with Gasteiger partial charge in [-0.25, -0.2) is 5.43 Å². The second kappa shape index (κ2) is 9.57. The summed E-state index contributed by atoms with van der Waals surface area (Å²) >= 11 is 5.85. The predicted molar refractivity (Wildman–Crippen MR) is 102 cm³/mol. The Kier molecular flexibility index (Phi) is 7.17. The van der Waals surface area contributed by atoms with Crippen molar-refractivity contribution in [1.82, 2.24) is 10.9 Å². The highest BCUT2D eigenvalue weighted by Gasteiger charge is 2.16. The van der Waals surface area contributed by atoms with Crippen LogP contribution in [0.5, 0.6) is 5.75 Å². The Morgan fingerprint density at radius 3 is 2.52 bits per heavy atom. The third-order valence-electron chi connectivity index (χ3n) is 3.51. The van der Waals surface area contributed by atoms with Crippen LogP contribution in [0.15, 0.2) is 42.5 Å². The smallest absolute Gasteiger partial charge is 0.269 e. The minimum atomic E-state index is -0.750. The van der Waals surface area contributed by atoms with Crippen LogP contribution in [0.4, 0.5) is 5.69 Å². The number of hydrogen-bond donors (Lipinski definition) is 3. The lowest BCUT2D eigenvalue weighted by Crippen LogP contribution is -2.39. The first kappa shape index (κ1) is 20.2. The number of halogens is 1. The maximum Gasteiger partial charge on any atom is 0.269 e. The zero-order valence-electron chi connectivity index (χ0n) is 14.9. The van der Waals surface area contributed by atoms with Gasteiger partial charge in [-0.3, -0.25) is 15.0 Å². The average Bonchev–Trinajstić information content (AvgIpc) is 2.63. The summed E-state index contributed by atoms with van der Waals surface area (Å²) in [6.45, 7) is 3.53. The summed E-state index contributed by atoms with van der Waals surface area (Å²) in [5.41, 5.74) is 6.65. The Hall–Kier alpha value is -3.08. The summed E-state index contributed by atoms with van der Waals surface area (Å²) in [4.78, 5) is 23.7. The Labute approximate surface area is 162 Å². The van der Waals surface area contributed by atoms with Gasteiger partial charge in [0.1, 0.15) is 11.8 Å². The van der Waals surface area contributed by atoms with Crippen molar-refractivity contribution in [2.45, 2.75) is 19.9 Å². The molecular weight excluding hydrogens is 368 g/mol. The molecule has 2 amide bonds. The lowest BCUT2D eigenvalue weighted by Gasteiger charge is -2.15. The van der Waals surface area contributed by atoms with Crippen LogP contribution in [-0.2, 0) is 4.79 Å². The number of anilines is 1. The number of nitriles is 1. The third kappa shape index (κ3) is 5.71. The maximum absolute atomic E-state index is 12.5. The molecule has 0 aliphatic carbocycles. The van der Waals surface area contributed by atoms with Crippen LogP contribution in [0.3, 0.4) is 0 Å². The molecule has 0 aromatic heterocycles. The summed E-state index contributed by atoms with van der Waals surface area (Å²) < 4.78 is 5.49. The van der Waals surface area contributed by atoms with Crippen LogP contribution in [0.2, 0.25) is 5.02 Å². The fourth-order valence-electron chi connectivity index (χ4n) is 2.32. The molecular formula is C19H19ClN4O3. The first-order valence-electron chi connectivity index (χ1n) is 8.20. The number of carbonyl (C=O) groups is 2. The SMILES string of the molecule is CCOc1cc(NC(C)=O)ccc1C(=O)NN[C@H](C#N)c1ccc(Cl)cc1. The standard InChI is InChI=1S/C19H19ClN4O3/c1-3-27-18-10-15(22-12(2)25)8-9-16(18)19(26)24-23-17(11-21)13-4-6-14(20)7-5-13/h4-10,17,23H,3H2,1-2H3,(H,22,25)(H,24,26)/t17-/m1/s1. The van der Waals surface area contributed by atoms with Crippen molar-refractivity contribution in [3.05, 3.63) is 58.6 Å². The van der Waals surface area contributed by atoms with Gasteiger partial charge >= 0.3 is 0 Å². The van der Waals surface area contributed by atoms with Crippen molar-refractivity contribution in [3.8, 4) is 11.8 Å². The van der Waals surface area contributed by atoms with Crippen LogP contribution in [-0.4, -0.2) is 18.4 Å². The van der Waals surface area contributed by atoms with Crippen molar-refractivity contribution in [3.63, 3.8) is 0 Å². The van der Waals surface area contributed by atoms with Gasteiger partial charge in [0.15, 0.2) is 0 Å². The van der Waals surface area contributed by atoms with Crippen LogP contribution in [0.1, 0.15) is 35.8 Å². The van der Waals surface area contributed by atoms with Gasteiger partial charge in [-0.1, -0.05) is 23.7 Å². The molecule has 0 heterocycles. The molecule has 3 N–H and O–H groups in total. The normalized spacial score (nSPS) is 11.2. The van der Waals surface area contributed by atoms with E-state index in [0.29, 0.717) is 28.6 Å². The number of rotatable bonds is 7. The van der Waals surface area contributed by atoms with Crippen molar-refractivity contribution in [2.24, 2.45) is 0 Å². The quantitative estimate of drug-likeness (QED) is 0.634. The van der Waals surface area contributed by atoms with Crippen molar-refractivity contribution in [1.29, 1.82) is 5.26 Å². The largest absolute Gasteiger partial charge is 0.493 e. The first-order chi connectivity index (χ1) is 12.9. The fourth-order valence-corrected chi connectivity index (χ4v) is 2.44. The van der Waals surface area contributed by atoms with E-state index in [0.717, 1.165) is 0 Å². The second-order valence-corrected chi connectivity index (χ2v) is 5.97. The van der Waals surface area contributed by atoms with E-state index < -0.39 is 11.9 Å². The molecule has 0 fully saturated rings. The fraction of sp³-hybridized carbons (Fsp3) is 0.211. The summed E-state index contributed by atoms with van der Waals surface area (Å²) in [7, 11) is 0. The molecule has 0 aliphatic rings. The van der Waals surface area contributed by atoms with E-state index in [9.17, 15) is 14.9 Å². The van der Waals surface area contributed by atoms with E-state index in [1.807, 2.05) is 0 Å². The van der Waals surface area contributed by atoms with Gasteiger partial charge in [0.2, 0.25) is 5.91 Å². The zero-order chi connectivity index (χ0) is 19.8. The number of hydrazine groups is 1. The lowest BCUT2D eigenvalue weighted by molar-refractivity contribution is -0.114. The van der Waals surface area contributed by atoms with Crippen LogP contribution >= 0.6 is 11.6 Å². The third-order valence-corrected chi connectivity index (χ3v) is 3.76. The number of nitrogens with one attached hydrogen (secondary N) is 3. The topological polar surface area (TPSA) is 103 Å². The van der Waals surface area contributed by atoms with E-state index in [4.69, 9.17) is 16.3 Å². The molecule has 0 bridgehead atoms. The molecule has 2 aromatic rings. The van der Waals surface area contributed by atoms with Gasteiger partial charge in [0.25, 0.3) is 5.91 Å². The molecule has 1 atom stereocenters. The summed E-state index contributed by atoms with van der Waals surface area (Å²) in [5, 5.41) is 12.5. The zero-order valence-corrected chi connectivity index (χ0v) is 15.6. The highest BCUT2D eigenvalue weighted by Crippen LogP contribution is 2.24. The monoisotopic (exact) mass is 386 g/mol. The molecule has 8 heteroatoms. The maximum atomic E-state index is 12.5. The Bertz CT molecular complexity index is 862. The van der Waals surface area contributed by atoms with Gasteiger partial charge in [0, 0.05) is 23.7 Å². The van der Waals surface area contributed by atoms with E-state index in [1.165, 1.54) is 13.0 Å². The molecule has 140 valence electrons. The summed E-state index contributed by atoms with van der Waals surface area (Å²) in [5.74, 6) is -0.374. The number of ether oxygens (including phenoxy) is 1. The minimum absolute atomic E-state index is 0.226. The first-order valence-corrected chi connectivity index (χ1v) is 8.57. The second-order valence-electron chi connectivity index (χ2n) is 5.54. The molecule has 0 radical (unpaired) electrons. The number of benzene rings is 2. The van der Waals surface area contributed by atoms with Crippen molar-refractivity contribution < 1.29 is 14.3 Å². The predicted octanol–water partition coefficient (Wildman–Crippen LogP) is 3.20. The van der Waals surface area contributed by atoms with Gasteiger partial charge in [0.05, 0.1) is 18.2 Å². The Morgan fingerprint density at radius 2 is 1.93 bits per heavy atom. The van der Waals surface area contributed by atoms with E-state index in [-0.39, 0.29) is 11.5 Å². The van der Waals surface area contributed by atoms with Crippen LogP contribution in [0, 0.1) is 11.3 Å².